The first kappa shape index (κ1) is 20.6. The van der Waals surface area contributed by atoms with Crippen molar-refractivity contribution in [2.45, 2.75) is 26.8 Å². The molecule has 0 aliphatic heterocycles. The third-order valence-corrected chi connectivity index (χ3v) is 6.51. The first-order valence-corrected chi connectivity index (χ1v) is 11.5. The molecule has 0 bridgehead atoms. The van der Waals surface area contributed by atoms with Crippen LogP contribution in [0.3, 0.4) is 0 Å². The standard InChI is InChI=1S/C23H23BrN4OS/c1-4-14-27-20(17-10-12-18(24)13-11-17)15-30-23(27)25-21-16(2)26(3)28(22(21)29)19-8-6-5-7-9-19/h5-13,15H,4,14H2,1-3H3. The van der Waals surface area contributed by atoms with Gasteiger partial charge in [0.15, 0.2) is 10.5 Å². The summed E-state index contributed by atoms with van der Waals surface area (Å²) < 4.78 is 6.78. The van der Waals surface area contributed by atoms with Crippen molar-refractivity contribution in [1.82, 2.24) is 13.9 Å². The summed E-state index contributed by atoms with van der Waals surface area (Å²) >= 11 is 5.06. The topological polar surface area (TPSA) is 44.2 Å². The monoisotopic (exact) mass is 482 g/mol. The molecule has 0 radical (unpaired) electrons. The van der Waals surface area contributed by atoms with E-state index < -0.39 is 0 Å². The maximum absolute atomic E-state index is 13.2. The first-order valence-electron chi connectivity index (χ1n) is 9.84. The third kappa shape index (κ3) is 3.75. The number of benzene rings is 2. The Labute approximate surface area is 187 Å². The van der Waals surface area contributed by atoms with Gasteiger partial charge in [0.1, 0.15) is 0 Å². The lowest BCUT2D eigenvalue weighted by molar-refractivity contribution is 0.630. The van der Waals surface area contributed by atoms with E-state index in [2.05, 4.69) is 44.9 Å². The fraction of sp³-hybridized carbons (Fsp3) is 0.217. The number of nitrogens with zero attached hydrogens (tertiary/aromatic N) is 4. The van der Waals surface area contributed by atoms with Crippen LogP contribution in [0.15, 0.2) is 74.2 Å². The zero-order chi connectivity index (χ0) is 21.3. The van der Waals surface area contributed by atoms with Gasteiger partial charge in [-0.15, -0.1) is 11.3 Å². The lowest BCUT2D eigenvalue weighted by Crippen LogP contribution is -2.20. The van der Waals surface area contributed by atoms with Crippen molar-refractivity contribution in [3.63, 3.8) is 0 Å². The molecule has 0 saturated heterocycles. The molecule has 0 aliphatic carbocycles. The maximum atomic E-state index is 13.2. The van der Waals surface area contributed by atoms with Crippen LogP contribution in [-0.4, -0.2) is 13.9 Å². The number of thiazole rings is 1. The van der Waals surface area contributed by atoms with E-state index >= 15 is 0 Å². The van der Waals surface area contributed by atoms with Gasteiger partial charge in [0.2, 0.25) is 0 Å². The Bertz CT molecular complexity index is 1290. The number of hydrogen-bond acceptors (Lipinski definition) is 3. The largest absolute Gasteiger partial charge is 0.316 e. The Hall–Kier alpha value is -2.64. The lowest BCUT2D eigenvalue weighted by Gasteiger charge is -2.08. The molecule has 0 fully saturated rings. The smallest absolute Gasteiger partial charge is 0.297 e. The van der Waals surface area contributed by atoms with E-state index in [1.165, 1.54) is 0 Å². The maximum Gasteiger partial charge on any atom is 0.297 e. The molecule has 2 aromatic carbocycles. The van der Waals surface area contributed by atoms with Crippen molar-refractivity contribution >= 4 is 33.0 Å². The molecule has 4 rings (SSSR count). The SMILES string of the molecule is CCCn1c(-c2ccc(Br)cc2)csc1=Nc1c(C)n(C)n(-c2ccccc2)c1=O. The second-order valence-corrected chi connectivity index (χ2v) is 8.84. The average molecular weight is 483 g/mol. The van der Waals surface area contributed by atoms with Gasteiger partial charge in [-0.25, -0.2) is 9.67 Å². The number of rotatable bonds is 5. The molecular formula is C23H23BrN4OS. The van der Waals surface area contributed by atoms with Crippen LogP contribution in [0.5, 0.6) is 0 Å². The molecule has 5 nitrogen and oxygen atoms in total. The van der Waals surface area contributed by atoms with Gasteiger partial charge in [0.05, 0.1) is 17.1 Å². The summed E-state index contributed by atoms with van der Waals surface area (Å²) in [6.45, 7) is 4.93. The van der Waals surface area contributed by atoms with Gasteiger partial charge in [0.25, 0.3) is 5.56 Å². The van der Waals surface area contributed by atoms with Gasteiger partial charge in [0, 0.05) is 23.4 Å². The predicted molar refractivity (Wildman–Crippen MR) is 127 cm³/mol. The van der Waals surface area contributed by atoms with Gasteiger partial charge < -0.3 is 4.57 Å². The minimum atomic E-state index is -0.108. The Kier molecular flexibility index (Phi) is 5.92. The summed E-state index contributed by atoms with van der Waals surface area (Å²) in [7, 11) is 1.89. The highest BCUT2D eigenvalue weighted by Gasteiger charge is 2.16. The molecule has 0 N–H and O–H groups in total. The summed E-state index contributed by atoms with van der Waals surface area (Å²) in [4.78, 5) is 18.9. The fourth-order valence-corrected chi connectivity index (χ4v) is 4.69. The highest BCUT2D eigenvalue weighted by atomic mass is 79.9. The molecule has 0 atom stereocenters. The quantitative estimate of drug-likeness (QED) is 0.374. The first-order chi connectivity index (χ1) is 14.5. The van der Waals surface area contributed by atoms with Crippen molar-refractivity contribution in [2.75, 3.05) is 0 Å². The van der Waals surface area contributed by atoms with E-state index in [1.54, 1.807) is 16.0 Å². The van der Waals surface area contributed by atoms with Crippen LogP contribution >= 0.6 is 27.3 Å². The van der Waals surface area contributed by atoms with Gasteiger partial charge >= 0.3 is 0 Å². The zero-order valence-corrected chi connectivity index (χ0v) is 19.6. The second kappa shape index (κ2) is 8.62. The van der Waals surface area contributed by atoms with Crippen LogP contribution in [0.25, 0.3) is 16.9 Å². The van der Waals surface area contributed by atoms with Crippen LogP contribution in [-0.2, 0) is 13.6 Å². The molecule has 2 heterocycles. The van der Waals surface area contributed by atoms with E-state index in [0.717, 1.165) is 44.9 Å². The summed E-state index contributed by atoms with van der Waals surface area (Å²) in [5.41, 5.74) is 4.29. The molecule has 30 heavy (non-hydrogen) atoms. The normalized spacial score (nSPS) is 11.9. The Morgan fingerprint density at radius 3 is 2.43 bits per heavy atom. The zero-order valence-electron chi connectivity index (χ0n) is 17.2. The van der Waals surface area contributed by atoms with Gasteiger partial charge in [-0.05, 0) is 43.2 Å². The van der Waals surface area contributed by atoms with Crippen LogP contribution in [0.4, 0.5) is 5.69 Å². The molecule has 0 saturated carbocycles. The molecule has 2 aromatic heterocycles. The summed E-state index contributed by atoms with van der Waals surface area (Å²) in [5, 5.41) is 2.12. The molecule has 0 spiro atoms. The minimum absolute atomic E-state index is 0.108. The fourth-order valence-electron chi connectivity index (χ4n) is 3.49. The van der Waals surface area contributed by atoms with Crippen molar-refractivity contribution < 1.29 is 0 Å². The van der Waals surface area contributed by atoms with E-state index in [-0.39, 0.29) is 5.56 Å². The van der Waals surface area contributed by atoms with E-state index in [9.17, 15) is 4.79 Å². The Balaban J connectivity index is 1.89. The van der Waals surface area contributed by atoms with E-state index in [1.807, 2.05) is 61.1 Å². The molecular weight excluding hydrogens is 460 g/mol. The highest BCUT2D eigenvalue weighted by Crippen LogP contribution is 2.23. The van der Waals surface area contributed by atoms with E-state index in [0.29, 0.717) is 5.69 Å². The molecule has 0 unspecified atom stereocenters. The van der Waals surface area contributed by atoms with E-state index in [4.69, 9.17) is 4.99 Å². The molecule has 0 aliphatic rings. The Morgan fingerprint density at radius 1 is 1.07 bits per heavy atom. The van der Waals surface area contributed by atoms with Gasteiger partial charge in [-0.3, -0.25) is 9.48 Å². The number of aromatic nitrogens is 3. The van der Waals surface area contributed by atoms with Crippen LogP contribution in [0.2, 0.25) is 0 Å². The predicted octanol–water partition coefficient (Wildman–Crippen LogP) is 5.42. The highest BCUT2D eigenvalue weighted by molar-refractivity contribution is 9.10. The molecule has 4 aromatic rings. The van der Waals surface area contributed by atoms with Crippen LogP contribution < -0.4 is 10.4 Å². The van der Waals surface area contributed by atoms with Crippen molar-refractivity contribution in [3.8, 4) is 16.9 Å². The van der Waals surface area contributed by atoms with Crippen molar-refractivity contribution in [2.24, 2.45) is 12.0 Å². The number of hydrogen-bond donors (Lipinski definition) is 0. The molecule has 154 valence electrons. The summed E-state index contributed by atoms with van der Waals surface area (Å²) in [5.74, 6) is 0. The minimum Gasteiger partial charge on any atom is -0.316 e. The number of halogens is 1. The molecule has 0 amide bonds. The number of para-hydroxylation sites is 1. The van der Waals surface area contributed by atoms with Crippen molar-refractivity contribution in [3.05, 3.63) is 85.3 Å². The molecule has 7 heteroatoms. The van der Waals surface area contributed by atoms with Gasteiger partial charge in [-0.1, -0.05) is 53.2 Å². The lowest BCUT2D eigenvalue weighted by atomic mass is 10.2. The summed E-state index contributed by atoms with van der Waals surface area (Å²) in [6, 6.07) is 17.9. The second-order valence-electron chi connectivity index (χ2n) is 7.08. The third-order valence-electron chi connectivity index (χ3n) is 5.12. The van der Waals surface area contributed by atoms with Crippen LogP contribution in [0, 0.1) is 6.92 Å². The summed E-state index contributed by atoms with van der Waals surface area (Å²) in [6.07, 6.45) is 0.982. The van der Waals surface area contributed by atoms with Crippen molar-refractivity contribution in [1.29, 1.82) is 0 Å². The Morgan fingerprint density at radius 2 is 1.77 bits per heavy atom. The van der Waals surface area contributed by atoms with Crippen LogP contribution in [0.1, 0.15) is 19.0 Å². The van der Waals surface area contributed by atoms with Gasteiger partial charge in [-0.2, -0.15) is 0 Å². The average Bonchev–Trinajstić information content (AvgIpc) is 3.24.